The Morgan fingerprint density at radius 3 is 2.58 bits per heavy atom. The highest BCUT2D eigenvalue weighted by atomic mass is 16.2. The molecule has 0 bridgehead atoms. The monoisotopic (exact) mass is 329 g/mol. The zero-order valence-electron chi connectivity index (χ0n) is 14.5. The third kappa shape index (κ3) is 3.78. The molecule has 1 fully saturated rings. The van der Waals surface area contributed by atoms with Gasteiger partial charge in [0, 0.05) is 44.9 Å². The first-order valence-electron chi connectivity index (χ1n) is 8.89. The van der Waals surface area contributed by atoms with Crippen LogP contribution in [0.15, 0.2) is 24.3 Å². The second-order valence-electron chi connectivity index (χ2n) is 7.38. The van der Waals surface area contributed by atoms with Crippen LogP contribution in [0.2, 0.25) is 0 Å². The molecule has 5 heteroatoms. The molecule has 0 radical (unpaired) electrons. The van der Waals surface area contributed by atoms with Crippen molar-refractivity contribution in [2.45, 2.75) is 39.3 Å². The van der Waals surface area contributed by atoms with Crippen LogP contribution in [0.25, 0.3) is 0 Å². The summed E-state index contributed by atoms with van der Waals surface area (Å²) in [6.07, 6.45) is 1.09. The lowest BCUT2D eigenvalue weighted by atomic mass is 9.92. The van der Waals surface area contributed by atoms with Crippen LogP contribution in [-0.4, -0.2) is 42.4 Å². The molecule has 5 nitrogen and oxygen atoms in total. The lowest BCUT2D eigenvalue weighted by Crippen LogP contribution is -2.55. The van der Waals surface area contributed by atoms with Crippen LogP contribution in [0.4, 0.5) is 0 Å². The molecule has 1 unspecified atom stereocenters. The van der Waals surface area contributed by atoms with Crippen LogP contribution < -0.4 is 10.6 Å². The third-order valence-electron chi connectivity index (χ3n) is 4.89. The van der Waals surface area contributed by atoms with E-state index in [-0.39, 0.29) is 17.9 Å². The molecule has 3 rings (SSSR count). The predicted octanol–water partition coefficient (Wildman–Crippen LogP) is 1.32. The summed E-state index contributed by atoms with van der Waals surface area (Å²) in [6.45, 7) is 7.22. The van der Waals surface area contributed by atoms with Crippen molar-refractivity contribution >= 4 is 11.8 Å². The van der Waals surface area contributed by atoms with Crippen LogP contribution in [0.5, 0.6) is 0 Å². The van der Waals surface area contributed by atoms with Gasteiger partial charge in [-0.25, -0.2) is 0 Å². The molecule has 2 aliphatic rings. The Morgan fingerprint density at radius 1 is 1.25 bits per heavy atom. The van der Waals surface area contributed by atoms with Gasteiger partial charge < -0.3 is 15.5 Å². The lowest BCUT2D eigenvalue weighted by Gasteiger charge is -2.37. The van der Waals surface area contributed by atoms with Crippen LogP contribution in [0.1, 0.15) is 31.4 Å². The Hall–Kier alpha value is -1.88. The number of benzene rings is 1. The smallest absolute Gasteiger partial charge is 0.243 e. The van der Waals surface area contributed by atoms with Crippen molar-refractivity contribution in [1.29, 1.82) is 0 Å². The first kappa shape index (κ1) is 17.0. The van der Waals surface area contributed by atoms with Gasteiger partial charge >= 0.3 is 0 Å². The van der Waals surface area contributed by atoms with E-state index in [1.807, 2.05) is 26.0 Å². The average molecular weight is 329 g/mol. The molecule has 1 saturated heterocycles. The lowest BCUT2D eigenvalue weighted by molar-refractivity contribution is -0.142. The highest BCUT2D eigenvalue weighted by Gasteiger charge is 2.34. The summed E-state index contributed by atoms with van der Waals surface area (Å²) >= 11 is 0. The van der Waals surface area contributed by atoms with E-state index in [0.717, 1.165) is 18.7 Å². The summed E-state index contributed by atoms with van der Waals surface area (Å²) in [6, 6.07) is 7.72. The largest absolute Gasteiger partial charge is 0.354 e. The van der Waals surface area contributed by atoms with Gasteiger partial charge in [0.1, 0.15) is 6.04 Å². The van der Waals surface area contributed by atoms with Gasteiger partial charge in [0.2, 0.25) is 11.8 Å². The second kappa shape index (κ2) is 7.34. The number of hydrogen-bond donors (Lipinski definition) is 2. The zero-order chi connectivity index (χ0) is 17.1. The molecule has 2 amide bonds. The van der Waals surface area contributed by atoms with Gasteiger partial charge in [-0.15, -0.1) is 0 Å². The van der Waals surface area contributed by atoms with E-state index >= 15 is 0 Å². The van der Waals surface area contributed by atoms with Gasteiger partial charge in [-0.3, -0.25) is 9.59 Å². The summed E-state index contributed by atoms with van der Waals surface area (Å²) in [5, 5.41) is 6.26. The number of hydrogen-bond acceptors (Lipinski definition) is 3. The number of carbonyl (C=O) groups excluding carboxylic acids is 2. The zero-order valence-corrected chi connectivity index (χ0v) is 14.5. The molecule has 1 atom stereocenters. The number of rotatable bonds is 5. The Labute approximate surface area is 143 Å². The molecular weight excluding hydrogens is 302 g/mol. The topological polar surface area (TPSA) is 61.4 Å². The van der Waals surface area contributed by atoms with E-state index in [1.54, 1.807) is 4.90 Å². The summed E-state index contributed by atoms with van der Waals surface area (Å²) < 4.78 is 0. The van der Waals surface area contributed by atoms with E-state index in [0.29, 0.717) is 37.8 Å². The van der Waals surface area contributed by atoms with Gasteiger partial charge in [0.15, 0.2) is 0 Å². The molecule has 1 aromatic carbocycles. The van der Waals surface area contributed by atoms with E-state index in [9.17, 15) is 9.59 Å². The van der Waals surface area contributed by atoms with Crippen molar-refractivity contribution in [3.8, 4) is 0 Å². The Balaban J connectivity index is 1.74. The quantitative estimate of drug-likeness (QED) is 0.856. The summed E-state index contributed by atoms with van der Waals surface area (Å²) in [5.74, 6) is 0.863. The SMILES string of the molecule is CC(C)CC(=O)N1Cc2ccccc2CC1C(=O)NCC1CNC1. The van der Waals surface area contributed by atoms with Crippen LogP contribution in [0.3, 0.4) is 0 Å². The Bertz CT molecular complexity index is 610. The molecule has 0 aromatic heterocycles. The van der Waals surface area contributed by atoms with E-state index < -0.39 is 0 Å². The third-order valence-corrected chi connectivity index (χ3v) is 4.89. The first-order chi connectivity index (χ1) is 11.5. The standard InChI is InChI=1S/C19H27N3O2/c1-13(2)7-18(23)22-12-16-6-4-3-5-15(16)8-17(22)19(24)21-11-14-9-20-10-14/h3-6,13-14,17,20H,7-12H2,1-2H3,(H,21,24). The molecule has 2 aliphatic heterocycles. The summed E-state index contributed by atoms with van der Waals surface area (Å²) in [7, 11) is 0. The van der Waals surface area contributed by atoms with Crippen LogP contribution >= 0.6 is 0 Å². The minimum Gasteiger partial charge on any atom is -0.354 e. The summed E-state index contributed by atoms with van der Waals surface area (Å²) in [5.41, 5.74) is 2.33. The Kier molecular flexibility index (Phi) is 5.19. The highest BCUT2D eigenvalue weighted by molar-refractivity contribution is 5.88. The van der Waals surface area contributed by atoms with Crippen molar-refractivity contribution in [2.75, 3.05) is 19.6 Å². The predicted molar refractivity (Wildman–Crippen MR) is 93.3 cm³/mol. The molecule has 0 saturated carbocycles. The number of amides is 2. The van der Waals surface area contributed by atoms with Gasteiger partial charge in [0.05, 0.1) is 0 Å². The molecular formula is C19H27N3O2. The number of fused-ring (bicyclic) bond motifs is 1. The van der Waals surface area contributed by atoms with Crippen molar-refractivity contribution in [3.63, 3.8) is 0 Å². The fraction of sp³-hybridized carbons (Fsp3) is 0.579. The molecule has 24 heavy (non-hydrogen) atoms. The summed E-state index contributed by atoms with van der Waals surface area (Å²) in [4.78, 5) is 27.2. The van der Waals surface area contributed by atoms with Gasteiger partial charge in [-0.1, -0.05) is 38.1 Å². The van der Waals surface area contributed by atoms with E-state index in [1.165, 1.54) is 5.56 Å². The fourth-order valence-corrected chi connectivity index (χ4v) is 3.34. The number of nitrogens with one attached hydrogen (secondary N) is 2. The number of nitrogens with zero attached hydrogens (tertiary/aromatic N) is 1. The van der Waals surface area contributed by atoms with Gasteiger partial charge in [-0.05, 0) is 17.0 Å². The van der Waals surface area contributed by atoms with Crippen molar-refractivity contribution in [3.05, 3.63) is 35.4 Å². The molecule has 130 valence electrons. The van der Waals surface area contributed by atoms with Crippen molar-refractivity contribution in [1.82, 2.24) is 15.5 Å². The Morgan fingerprint density at radius 2 is 1.96 bits per heavy atom. The van der Waals surface area contributed by atoms with E-state index in [4.69, 9.17) is 0 Å². The van der Waals surface area contributed by atoms with Crippen molar-refractivity contribution in [2.24, 2.45) is 11.8 Å². The molecule has 0 spiro atoms. The van der Waals surface area contributed by atoms with Crippen LogP contribution in [-0.2, 0) is 22.6 Å². The van der Waals surface area contributed by atoms with Crippen molar-refractivity contribution < 1.29 is 9.59 Å². The van der Waals surface area contributed by atoms with Crippen LogP contribution in [0, 0.1) is 11.8 Å². The average Bonchev–Trinajstić information content (AvgIpc) is 2.51. The number of carbonyl (C=O) groups is 2. The van der Waals surface area contributed by atoms with Gasteiger partial charge in [-0.2, -0.15) is 0 Å². The second-order valence-corrected chi connectivity index (χ2v) is 7.38. The highest BCUT2D eigenvalue weighted by Crippen LogP contribution is 2.25. The fourth-order valence-electron chi connectivity index (χ4n) is 3.34. The molecule has 1 aromatic rings. The van der Waals surface area contributed by atoms with Gasteiger partial charge in [0.25, 0.3) is 0 Å². The first-order valence-corrected chi connectivity index (χ1v) is 8.89. The maximum Gasteiger partial charge on any atom is 0.243 e. The minimum absolute atomic E-state index is 0.0199. The maximum atomic E-state index is 12.7. The maximum absolute atomic E-state index is 12.7. The minimum atomic E-state index is -0.390. The molecule has 2 N–H and O–H groups in total. The molecule has 2 heterocycles. The normalized spacial score (nSPS) is 20.5. The van der Waals surface area contributed by atoms with E-state index in [2.05, 4.69) is 22.8 Å². The molecule has 0 aliphatic carbocycles.